The first-order valence-corrected chi connectivity index (χ1v) is 6.37. The summed E-state index contributed by atoms with van der Waals surface area (Å²) in [6.07, 6.45) is 4.28. The number of nitrogens with zero attached hydrogens (tertiary/aromatic N) is 1. The van der Waals surface area contributed by atoms with Crippen LogP contribution < -0.4 is 5.32 Å². The lowest BCUT2D eigenvalue weighted by Crippen LogP contribution is -2.43. The highest BCUT2D eigenvalue weighted by atomic mass is 16.3. The molecular weight excluding hydrogens is 260 g/mol. The number of carbonyl (C=O) groups is 3. The third-order valence-corrected chi connectivity index (χ3v) is 2.96. The van der Waals surface area contributed by atoms with Gasteiger partial charge >= 0.3 is 0 Å². The van der Waals surface area contributed by atoms with Crippen molar-refractivity contribution in [2.45, 2.75) is 32.4 Å². The zero-order valence-electron chi connectivity index (χ0n) is 11.3. The van der Waals surface area contributed by atoms with Gasteiger partial charge in [-0.25, -0.2) is 0 Å². The molecule has 1 aromatic heterocycles. The van der Waals surface area contributed by atoms with Crippen molar-refractivity contribution >= 4 is 23.8 Å². The van der Waals surface area contributed by atoms with E-state index in [0.717, 1.165) is 0 Å². The van der Waals surface area contributed by atoms with Crippen molar-refractivity contribution in [2.24, 2.45) is 0 Å². The van der Waals surface area contributed by atoms with Gasteiger partial charge in [0.15, 0.2) is 0 Å². The Bertz CT molecular complexity index is 546. The highest BCUT2D eigenvalue weighted by Crippen LogP contribution is 2.16. The highest BCUT2D eigenvalue weighted by molar-refractivity contribution is 6.08. The zero-order valence-corrected chi connectivity index (χ0v) is 11.3. The van der Waals surface area contributed by atoms with E-state index in [9.17, 15) is 14.4 Å². The van der Waals surface area contributed by atoms with Gasteiger partial charge in [0, 0.05) is 12.1 Å². The lowest BCUT2D eigenvalue weighted by atomic mass is 10.2. The van der Waals surface area contributed by atoms with Crippen molar-refractivity contribution in [1.82, 2.24) is 10.2 Å². The first-order valence-electron chi connectivity index (χ1n) is 6.37. The summed E-state index contributed by atoms with van der Waals surface area (Å²) < 4.78 is 5.04. The molecule has 1 atom stereocenters. The van der Waals surface area contributed by atoms with Crippen molar-refractivity contribution in [3.63, 3.8) is 0 Å². The van der Waals surface area contributed by atoms with Crippen LogP contribution in [0.2, 0.25) is 0 Å². The van der Waals surface area contributed by atoms with Gasteiger partial charge in [-0.15, -0.1) is 0 Å². The van der Waals surface area contributed by atoms with E-state index in [1.165, 1.54) is 23.3 Å². The van der Waals surface area contributed by atoms with E-state index in [-0.39, 0.29) is 24.3 Å². The third-order valence-electron chi connectivity index (χ3n) is 2.96. The van der Waals surface area contributed by atoms with E-state index in [1.807, 2.05) is 0 Å². The average Bonchev–Trinajstić information content (AvgIpc) is 2.96. The molecule has 2 heterocycles. The lowest BCUT2D eigenvalue weighted by molar-refractivity contribution is -0.141. The van der Waals surface area contributed by atoms with Gasteiger partial charge in [-0.2, -0.15) is 0 Å². The van der Waals surface area contributed by atoms with Crippen LogP contribution in [0.15, 0.2) is 28.9 Å². The molecule has 0 bridgehead atoms. The Hall–Kier alpha value is -2.37. The van der Waals surface area contributed by atoms with Crippen LogP contribution in [0, 0.1) is 0 Å². The second-order valence-corrected chi connectivity index (χ2v) is 4.81. The summed E-state index contributed by atoms with van der Waals surface area (Å²) >= 11 is 0. The monoisotopic (exact) mass is 276 g/mol. The van der Waals surface area contributed by atoms with Crippen LogP contribution in [0.3, 0.4) is 0 Å². The minimum atomic E-state index is -0.779. The molecule has 2 rings (SSSR count). The molecule has 20 heavy (non-hydrogen) atoms. The molecule has 1 N–H and O–H groups in total. The number of nitrogens with one attached hydrogen (secondary N) is 1. The van der Waals surface area contributed by atoms with Gasteiger partial charge in [-0.05, 0) is 32.1 Å². The van der Waals surface area contributed by atoms with Gasteiger partial charge in [-0.3, -0.25) is 19.3 Å². The van der Waals surface area contributed by atoms with Gasteiger partial charge in [0.2, 0.25) is 11.8 Å². The molecule has 1 aliphatic heterocycles. The molecule has 1 fully saturated rings. The average molecular weight is 276 g/mol. The van der Waals surface area contributed by atoms with Crippen LogP contribution in [0.5, 0.6) is 0 Å². The quantitative estimate of drug-likeness (QED) is 0.655. The molecule has 106 valence electrons. The van der Waals surface area contributed by atoms with E-state index in [1.54, 1.807) is 26.0 Å². The number of rotatable bonds is 4. The summed E-state index contributed by atoms with van der Waals surface area (Å²) in [6, 6.07) is 2.43. The molecule has 0 radical (unpaired) electrons. The number of furan rings is 1. The Balaban J connectivity index is 1.95. The Labute approximate surface area is 116 Å². The fourth-order valence-electron chi connectivity index (χ4n) is 2.07. The molecule has 6 nitrogen and oxygen atoms in total. The number of carbonyl (C=O) groups excluding carboxylic acids is 3. The SMILES string of the molecule is CC(C)N1C(=O)C[C@@H](NC(=O)/C=C/c2ccco2)C1=O. The van der Waals surface area contributed by atoms with E-state index in [2.05, 4.69) is 5.32 Å². The summed E-state index contributed by atoms with van der Waals surface area (Å²) in [7, 11) is 0. The predicted molar refractivity (Wildman–Crippen MR) is 71.3 cm³/mol. The van der Waals surface area contributed by atoms with Gasteiger partial charge < -0.3 is 9.73 Å². The minimum absolute atomic E-state index is 0.0113. The molecule has 1 saturated heterocycles. The number of amides is 3. The van der Waals surface area contributed by atoms with Gasteiger partial charge in [-0.1, -0.05) is 0 Å². The van der Waals surface area contributed by atoms with E-state index in [0.29, 0.717) is 5.76 Å². The van der Waals surface area contributed by atoms with Crippen molar-refractivity contribution in [3.8, 4) is 0 Å². The molecule has 1 aliphatic rings. The van der Waals surface area contributed by atoms with E-state index >= 15 is 0 Å². The molecule has 0 spiro atoms. The Kier molecular flexibility index (Phi) is 4.02. The van der Waals surface area contributed by atoms with Crippen LogP contribution in [-0.4, -0.2) is 34.7 Å². The Morgan fingerprint density at radius 2 is 2.25 bits per heavy atom. The molecule has 0 unspecified atom stereocenters. The molecule has 0 saturated carbocycles. The smallest absolute Gasteiger partial charge is 0.252 e. The topological polar surface area (TPSA) is 79.6 Å². The standard InChI is InChI=1S/C14H16N2O4/c1-9(2)16-13(18)8-11(14(16)19)15-12(17)6-5-10-4-3-7-20-10/h3-7,9,11H,8H2,1-2H3,(H,15,17)/b6-5+/t11-/m1/s1. The maximum Gasteiger partial charge on any atom is 0.252 e. The molecule has 1 aromatic rings. The normalized spacial score (nSPS) is 19.4. The van der Waals surface area contributed by atoms with E-state index in [4.69, 9.17) is 4.42 Å². The highest BCUT2D eigenvalue weighted by Gasteiger charge is 2.40. The maximum absolute atomic E-state index is 12.0. The van der Waals surface area contributed by atoms with Crippen LogP contribution >= 0.6 is 0 Å². The Morgan fingerprint density at radius 3 is 2.80 bits per heavy atom. The molecule has 3 amide bonds. The van der Waals surface area contributed by atoms with Gasteiger partial charge in [0.1, 0.15) is 11.8 Å². The van der Waals surface area contributed by atoms with E-state index < -0.39 is 11.9 Å². The zero-order chi connectivity index (χ0) is 14.7. The summed E-state index contributed by atoms with van der Waals surface area (Å²) in [6.45, 7) is 3.52. The van der Waals surface area contributed by atoms with Crippen LogP contribution in [0.25, 0.3) is 6.08 Å². The first-order chi connectivity index (χ1) is 9.49. The molecular formula is C14H16N2O4. The molecule has 6 heteroatoms. The summed E-state index contributed by atoms with van der Waals surface area (Å²) in [5.41, 5.74) is 0. The fourth-order valence-corrected chi connectivity index (χ4v) is 2.07. The van der Waals surface area contributed by atoms with Crippen molar-refractivity contribution in [1.29, 1.82) is 0 Å². The molecule has 0 aliphatic carbocycles. The predicted octanol–water partition coefficient (Wildman–Crippen LogP) is 0.945. The first kappa shape index (κ1) is 14.0. The van der Waals surface area contributed by atoms with Crippen LogP contribution in [0.1, 0.15) is 26.0 Å². The van der Waals surface area contributed by atoms with Gasteiger partial charge in [0.25, 0.3) is 5.91 Å². The Morgan fingerprint density at radius 1 is 1.50 bits per heavy atom. The second-order valence-electron chi connectivity index (χ2n) is 4.81. The summed E-state index contributed by atoms with van der Waals surface area (Å²) in [4.78, 5) is 36.5. The lowest BCUT2D eigenvalue weighted by Gasteiger charge is -2.18. The van der Waals surface area contributed by atoms with Crippen molar-refractivity contribution < 1.29 is 18.8 Å². The largest absolute Gasteiger partial charge is 0.465 e. The van der Waals surface area contributed by atoms with Gasteiger partial charge in [0.05, 0.1) is 12.7 Å². The maximum atomic E-state index is 12.0. The fraction of sp³-hybridized carbons (Fsp3) is 0.357. The van der Waals surface area contributed by atoms with Crippen LogP contribution in [0.4, 0.5) is 0 Å². The third kappa shape index (κ3) is 2.96. The number of hydrogen-bond donors (Lipinski definition) is 1. The van der Waals surface area contributed by atoms with Crippen molar-refractivity contribution in [2.75, 3.05) is 0 Å². The minimum Gasteiger partial charge on any atom is -0.465 e. The van der Waals surface area contributed by atoms with Crippen LogP contribution in [-0.2, 0) is 14.4 Å². The molecule has 0 aromatic carbocycles. The number of likely N-dealkylation sites (tertiary alicyclic amines) is 1. The summed E-state index contributed by atoms with van der Waals surface area (Å²) in [5.74, 6) is -0.508. The number of imide groups is 1. The second kappa shape index (κ2) is 5.73. The number of hydrogen-bond acceptors (Lipinski definition) is 4. The summed E-state index contributed by atoms with van der Waals surface area (Å²) in [5, 5.41) is 2.53. The van der Waals surface area contributed by atoms with Crippen molar-refractivity contribution in [3.05, 3.63) is 30.2 Å².